The lowest BCUT2D eigenvalue weighted by molar-refractivity contribution is 0.135. The Morgan fingerprint density at radius 2 is 1.18 bits per heavy atom. The van der Waals surface area contributed by atoms with E-state index in [0.717, 1.165) is 11.1 Å². The van der Waals surface area contributed by atoms with Gasteiger partial charge in [-0.1, -0.05) is 103 Å². The van der Waals surface area contributed by atoms with Gasteiger partial charge in [0.2, 0.25) is 0 Å². The molecule has 0 fully saturated rings. The van der Waals surface area contributed by atoms with Gasteiger partial charge in [-0.15, -0.1) is 0 Å². The van der Waals surface area contributed by atoms with Crippen molar-refractivity contribution in [1.29, 1.82) is 0 Å². The molecule has 0 aliphatic carbocycles. The lowest BCUT2D eigenvalue weighted by Gasteiger charge is -2.21. The molecule has 0 aliphatic heterocycles. The van der Waals surface area contributed by atoms with Gasteiger partial charge in [0.15, 0.2) is 0 Å². The Labute approximate surface area is 274 Å². The number of amides is 2. The summed E-state index contributed by atoms with van der Waals surface area (Å²) in [5.41, 5.74) is 1.21. The lowest BCUT2D eigenvalue weighted by atomic mass is 9.99. The van der Waals surface area contributed by atoms with Crippen LogP contribution in [0, 0.1) is 5.41 Å². The molecular formula is C29H42N2O10S4. The Morgan fingerprint density at radius 3 is 1.58 bits per heavy atom. The van der Waals surface area contributed by atoms with E-state index in [-0.39, 0.29) is 55.3 Å². The quantitative estimate of drug-likeness (QED) is 0.0772. The first-order chi connectivity index (χ1) is 21.1. The van der Waals surface area contributed by atoms with Crippen LogP contribution in [0.4, 0.5) is 9.59 Å². The topological polar surface area (TPSA) is 174 Å². The Hall–Kier alpha value is -2.50. The zero-order valence-corrected chi connectivity index (χ0v) is 28.8. The largest absolute Gasteiger partial charge is 0.445 e. The van der Waals surface area contributed by atoms with Crippen LogP contribution in [0.25, 0.3) is 0 Å². The SMILES string of the molecule is CC(C)(C)COS(=O)(=O)CCC(CSSCC(CCS(=O)(=O)O)NC(=O)OCc1ccccc1)NC(=O)OCc1ccccc1. The zero-order valence-electron chi connectivity index (χ0n) is 25.5. The van der Waals surface area contributed by atoms with E-state index in [9.17, 15) is 31.0 Å². The lowest BCUT2D eigenvalue weighted by Crippen LogP contribution is -2.39. The molecule has 45 heavy (non-hydrogen) atoms. The summed E-state index contributed by atoms with van der Waals surface area (Å²) in [6.07, 6.45) is -1.47. The second-order valence-electron chi connectivity index (χ2n) is 11.3. The molecule has 16 heteroatoms. The summed E-state index contributed by atoms with van der Waals surface area (Å²) in [5.74, 6) is -0.391. The highest BCUT2D eigenvalue weighted by Gasteiger charge is 2.23. The Bertz CT molecular complexity index is 1390. The molecule has 0 heterocycles. The molecule has 2 unspecified atom stereocenters. The minimum atomic E-state index is -4.27. The van der Waals surface area contributed by atoms with Gasteiger partial charge in [0, 0.05) is 23.6 Å². The first kappa shape index (κ1) is 38.7. The normalized spacial score (nSPS) is 13.4. The van der Waals surface area contributed by atoms with E-state index >= 15 is 0 Å². The molecule has 2 atom stereocenters. The summed E-state index contributed by atoms with van der Waals surface area (Å²) < 4.78 is 72.6. The zero-order chi connectivity index (χ0) is 33.3. The van der Waals surface area contributed by atoms with Crippen LogP contribution < -0.4 is 10.6 Å². The van der Waals surface area contributed by atoms with E-state index in [2.05, 4.69) is 10.6 Å². The fourth-order valence-corrected chi connectivity index (χ4v) is 7.81. The highest BCUT2D eigenvalue weighted by Crippen LogP contribution is 2.25. The van der Waals surface area contributed by atoms with Crippen molar-refractivity contribution in [2.24, 2.45) is 5.41 Å². The number of hydrogen-bond donors (Lipinski definition) is 3. The van der Waals surface area contributed by atoms with Crippen LogP contribution in [-0.4, -0.2) is 75.3 Å². The van der Waals surface area contributed by atoms with Gasteiger partial charge in [0.25, 0.3) is 20.2 Å². The number of rotatable bonds is 19. The molecule has 0 radical (unpaired) electrons. The highest BCUT2D eigenvalue weighted by molar-refractivity contribution is 8.76. The monoisotopic (exact) mass is 706 g/mol. The highest BCUT2D eigenvalue weighted by atomic mass is 33.1. The number of nitrogens with one attached hydrogen (secondary N) is 2. The fourth-order valence-electron chi connectivity index (χ4n) is 3.42. The molecule has 0 aromatic heterocycles. The molecule has 0 saturated heterocycles. The first-order valence-electron chi connectivity index (χ1n) is 14.1. The molecule has 3 N–H and O–H groups in total. The maximum Gasteiger partial charge on any atom is 0.407 e. The summed E-state index contributed by atoms with van der Waals surface area (Å²) >= 11 is 0. The maximum absolute atomic E-state index is 12.5. The predicted octanol–water partition coefficient (Wildman–Crippen LogP) is 5.02. The van der Waals surface area contributed by atoms with Crippen molar-refractivity contribution in [3.63, 3.8) is 0 Å². The summed E-state index contributed by atoms with van der Waals surface area (Å²) in [6.45, 7) is 5.63. The summed E-state index contributed by atoms with van der Waals surface area (Å²) in [5, 5.41) is 5.34. The van der Waals surface area contributed by atoms with E-state index < -0.39 is 50.3 Å². The summed E-state index contributed by atoms with van der Waals surface area (Å²) in [4.78, 5) is 24.9. The standard InChI is InChI=1S/C29H42N2O10S4/c1-29(2,3)22-41-45(37,38)17-15-26(31-28(33)40-19-24-12-8-5-9-13-24)21-43-42-20-25(14-16-44(34,35)36)30-27(32)39-18-23-10-6-4-7-11-23/h4-13,25-26H,14-22H2,1-3H3,(H,30,32)(H,31,33)(H,34,35,36). The number of ether oxygens (including phenoxy) is 2. The third-order valence-corrected chi connectivity index (χ3v) is 10.3. The second kappa shape index (κ2) is 19.2. The van der Waals surface area contributed by atoms with E-state index in [0.29, 0.717) is 0 Å². The molecule has 2 aromatic carbocycles. The summed E-state index contributed by atoms with van der Waals surface area (Å²) in [7, 11) is -5.55. The van der Waals surface area contributed by atoms with E-state index in [1.165, 1.54) is 21.6 Å². The van der Waals surface area contributed by atoms with Crippen LogP contribution >= 0.6 is 21.6 Å². The van der Waals surface area contributed by atoms with Crippen LogP contribution in [0.15, 0.2) is 60.7 Å². The average Bonchev–Trinajstić information content (AvgIpc) is 2.98. The van der Waals surface area contributed by atoms with Crippen molar-refractivity contribution in [2.45, 2.75) is 58.9 Å². The fraction of sp³-hybridized carbons (Fsp3) is 0.517. The third kappa shape index (κ3) is 19.6. The van der Waals surface area contributed by atoms with E-state index in [1.54, 1.807) is 36.4 Å². The van der Waals surface area contributed by atoms with Crippen LogP contribution in [0.1, 0.15) is 44.7 Å². The van der Waals surface area contributed by atoms with Crippen LogP contribution in [0.2, 0.25) is 0 Å². The van der Waals surface area contributed by atoms with Gasteiger partial charge in [-0.3, -0.25) is 8.74 Å². The molecule has 252 valence electrons. The van der Waals surface area contributed by atoms with Crippen LogP contribution in [-0.2, 0) is 47.1 Å². The molecule has 0 saturated carbocycles. The predicted molar refractivity (Wildman–Crippen MR) is 177 cm³/mol. The summed E-state index contributed by atoms with van der Waals surface area (Å²) in [6, 6.07) is 16.8. The minimum Gasteiger partial charge on any atom is -0.445 e. The average molecular weight is 707 g/mol. The smallest absolute Gasteiger partial charge is 0.407 e. The van der Waals surface area contributed by atoms with E-state index in [1.807, 2.05) is 45.0 Å². The third-order valence-electron chi connectivity index (χ3n) is 5.80. The van der Waals surface area contributed by atoms with Crippen LogP contribution in [0.5, 0.6) is 0 Å². The Morgan fingerprint density at radius 1 is 0.756 bits per heavy atom. The van der Waals surface area contributed by atoms with Crippen molar-refractivity contribution in [1.82, 2.24) is 10.6 Å². The number of carbonyl (C=O) groups is 2. The van der Waals surface area contributed by atoms with E-state index in [4.69, 9.17) is 13.7 Å². The minimum absolute atomic E-state index is 0.0167. The van der Waals surface area contributed by atoms with Gasteiger partial charge in [-0.2, -0.15) is 16.8 Å². The van der Waals surface area contributed by atoms with Gasteiger partial charge in [-0.05, 0) is 29.4 Å². The van der Waals surface area contributed by atoms with Crippen LogP contribution in [0.3, 0.4) is 0 Å². The van der Waals surface area contributed by atoms with Gasteiger partial charge in [0.1, 0.15) is 13.2 Å². The van der Waals surface area contributed by atoms with Crippen molar-refractivity contribution in [3.8, 4) is 0 Å². The molecule has 2 amide bonds. The second-order valence-corrected chi connectivity index (χ2v) is 17.2. The molecule has 0 bridgehead atoms. The van der Waals surface area contributed by atoms with Gasteiger partial charge in [-0.25, -0.2) is 9.59 Å². The number of benzene rings is 2. The van der Waals surface area contributed by atoms with Gasteiger partial charge < -0.3 is 20.1 Å². The Balaban J connectivity index is 1.95. The number of hydrogen-bond acceptors (Lipinski definition) is 11. The van der Waals surface area contributed by atoms with Gasteiger partial charge in [0.05, 0.1) is 18.1 Å². The molecule has 2 aromatic rings. The van der Waals surface area contributed by atoms with Crippen molar-refractivity contribution in [2.75, 3.05) is 29.6 Å². The Kier molecular flexibility index (Phi) is 16.5. The van der Waals surface area contributed by atoms with Crippen molar-refractivity contribution >= 4 is 54.0 Å². The number of carbonyl (C=O) groups excluding carboxylic acids is 2. The molecule has 0 spiro atoms. The molecular weight excluding hydrogens is 665 g/mol. The molecule has 2 rings (SSSR count). The molecule has 0 aliphatic rings. The first-order valence-corrected chi connectivity index (χ1v) is 19.8. The van der Waals surface area contributed by atoms with Crippen molar-refractivity contribution in [3.05, 3.63) is 71.8 Å². The number of alkyl carbamates (subject to hydrolysis) is 2. The van der Waals surface area contributed by atoms with Crippen molar-refractivity contribution < 1.29 is 44.6 Å². The van der Waals surface area contributed by atoms with Gasteiger partial charge >= 0.3 is 12.2 Å². The maximum atomic E-state index is 12.5. The molecule has 12 nitrogen and oxygen atoms in total.